The average Bonchev–Trinajstić information content (AvgIpc) is 4.02. The molecule has 2 aromatic heterocycles. The van der Waals surface area contributed by atoms with E-state index in [-0.39, 0.29) is 29.8 Å². The van der Waals surface area contributed by atoms with Crippen molar-refractivity contribution in [2.45, 2.75) is 97.5 Å². The molecule has 1 fully saturated rings. The number of ether oxygens (including phenoxy) is 3. The summed E-state index contributed by atoms with van der Waals surface area (Å²) in [4.78, 5) is 69.4. The number of aromatic nitrogens is 4. The van der Waals surface area contributed by atoms with Crippen molar-refractivity contribution in [3.63, 3.8) is 0 Å². The lowest BCUT2D eigenvalue weighted by Gasteiger charge is -2.26. The number of rotatable bonds is 13. The van der Waals surface area contributed by atoms with Gasteiger partial charge in [0.25, 0.3) is 0 Å². The zero-order valence-electron chi connectivity index (χ0n) is 34.7. The Morgan fingerprint density at radius 2 is 1.73 bits per heavy atom. The first-order chi connectivity index (χ1) is 28.4. The summed E-state index contributed by atoms with van der Waals surface area (Å²) in [6.45, 7) is 10.6. The average molecular weight is 807 g/mol. The number of methoxy groups -OCH3 is 2. The van der Waals surface area contributed by atoms with Gasteiger partial charge in [0.15, 0.2) is 0 Å². The van der Waals surface area contributed by atoms with Crippen molar-refractivity contribution in [2.75, 3.05) is 20.8 Å². The summed E-state index contributed by atoms with van der Waals surface area (Å²) >= 11 is 0. The highest BCUT2D eigenvalue weighted by Gasteiger charge is 2.39. The highest BCUT2D eigenvalue weighted by Crippen LogP contribution is 2.43. The summed E-state index contributed by atoms with van der Waals surface area (Å²) in [6, 6.07) is 12.4. The lowest BCUT2D eigenvalue weighted by atomic mass is 9.92. The Morgan fingerprint density at radius 1 is 0.949 bits per heavy atom. The van der Waals surface area contributed by atoms with E-state index in [1.165, 1.54) is 14.2 Å². The van der Waals surface area contributed by atoms with Crippen LogP contribution in [0.25, 0.3) is 44.2 Å². The third-order valence-corrected chi connectivity index (χ3v) is 11.6. The topological polar surface area (TPSA) is 193 Å². The van der Waals surface area contributed by atoms with Crippen molar-refractivity contribution in [3.05, 3.63) is 65.9 Å². The number of hydrogen-bond donors (Lipinski definition) is 5. The maximum Gasteiger partial charge on any atom is 0.407 e. The highest BCUT2D eigenvalue weighted by atomic mass is 16.5. The quantitative estimate of drug-likeness (QED) is 0.0805. The number of likely N-dealkylation sites (tertiary alicyclic amines) is 1. The fourth-order valence-corrected chi connectivity index (χ4v) is 8.23. The summed E-state index contributed by atoms with van der Waals surface area (Å²) in [6.07, 6.45) is 4.69. The third kappa shape index (κ3) is 8.41. The van der Waals surface area contributed by atoms with Gasteiger partial charge in [-0.1, -0.05) is 65.2 Å². The van der Waals surface area contributed by atoms with E-state index in [4.69, 9.17) is 24.2 Å². The number of benzene rings is 3. The molecule has 5 N–H and O–H groups in total. The molecule has 5 atom stereocenters. The summed E-state index contributed by atoms with van der Waals surface area (Å²) in [7, 11) is 2.55. The number of carbonyl (C=O) groups excluding carboxylic acids is 4. The molecular weight excluding hydrogens is 753 g/mol. The van der Waals surface area contributed by atoms with Crippen LogP contribution < -0.4 is 20.7 Å². The Morgan fingerprint density at radius 3 is 2.46 bits per heavy atom. The molecule has 4 heterocycles. The maximum absolute atomic E-state index is 13.6. The minimum atomic E-state index is -0.758. The molecule has 2 aliphatic heterocycles. The van der Waals surface area contributed by atoms with E-state index in [1.807, 2.05) is 24.8 Å². The smallest absolute Gasteiger partial charge is 0.407 e. The van der Waals surface area contributed by atoms with Crippen molar-refractivity contribution in [1.29, 1.82) is 0 Å². The Balaban J connectivity index is 1.13. The number of H-pyrrole nitrogens is 2. The largest absolute Gasteiger partial charge is 0.488 e. The first-order valence-electron chi connectivity index (χ1n) is 20.5. The van der Waals surface area contributed by atoms with E-state index in [0.717, 1.165) is 87.0 Å². The molecule has 15 heteroatoms. The number of hydrogen-bond acceptors (Lipinski definition) is 9. The highest BCUT2D eigenvalue weighted by molar-refractivity contribution is 6.07. The summed E-state index contributed by atoms with van der Waals surface area (Å²) in [5, 5.41) is 10.3. The van der Waals surface area contributed by atoms with Crippen molar-refractivity contribution in [3.8, 4) is 28.1 Å². The molecule has 312 valence electrons. The van der Waals surface area contributed by atoms with Gasteiger partial charge < -0.3 is 45.0 Å². The van der Waals surface area contributed by atoms with Gasteiger partial charge in [-0.05, 0) is 77.9 Å². The number of nitrogens with one attached hydrogen (secondary N) is 5. The molecule has 4 amide bonds. The summed E-state index contributed by atoms with van der Waals surface area (Å²) in [5.41, 5.74) is 6.52. The van der Waals surface area contributed by atoms with E-state index in [9.17, 15) is 19.2 Å². The normalized spacial score (nSPS) is 17.5. The van der Waals surface area contributed by atoms with Gasteiger partial charge in [0.2, 0.25) is 11.8 Å². The molecule has 3 aromatic carbocycles. The zero-order chi connectivity index (χ0) is 42.0. The molecule has 59 heavy (non-hydrogen) atoms. The van der Waals surface area contributed by atoms with Crippen LogP contribution in [0.1, 0.15) is 96.0 Å². The van der Waals surface area contributed by atoms with Crippen molar-refractivity contribution in [2.24, 2.45) is 11.8 Å². The van der Waals surface area contributed by atoms with E-state index in [1.54, 1.807) is 13.1 Å². The number of imidazole rings is 2. The van der Waals surface area contributed by atoms with Crippen LogP contribution in [0.3, 0.4) is 0 Å². The SMILES string of the molecule is CCCCC(NC(=O)C(NC(=O)OC)C(C)C)c1ncc(-c2ccc3c(c2)COc2cc4c(ccc5[nH]c(C6CC(CC)CN6C(=O)C(C)NC(=O)OC)nc54)cc2-3)[nH]1. The van der Waals surface area contributed by atoms with E-state index in [2.05, 4.69) is 76.2 Å². The van der Waals surface area contributed by atoms with Gasteiger partial charge in [-0.15, -0.1) is 0 Å². The monoisotopic (exact) mass is 806 g/mol. The number of nitrogens with zero attached hydrogens (tertiary/aromatic N) is 3. The molecule has 15 nitrogen and oxygen atoms in total. The van der Waals surface area contributed by atoms with Crippen LogP contribution in [-0.4, -0.2) is 81.7 Å². The molecule has 0 radical (unpaired) electrons. The molecule has 0 bridgehead atoms. The Labute approximate surface area is 343 Å². The first-order valence-corrected chi connectivity index (χ1v) is 20.5. The molecule has 0 saturated carbocycles. The molecular formula is C44H54N8O7. The minimum Gasteiger partial charge on any atom is -0.488 e. The van der Waals surface area contributed by atoms with Gasteiger partial charge >= 0.3 is 12.2 Å². The molecule has 2 aliphatic rings. The number of alkyl carbamates (subject to hydrolysis) is 2. The molecule has 1 saturated heterocycles. The Bertz CT molecular complexity index is 2370. The van der Waals surface area contributed by atoms with Crippen LogP contribution in [0.15, 0.2) is 48.7 Å². The number of carbonyl (C=O) groups is 4. The number of fused-ring (bicyclic) bond motifs is 6. The molecule has 5 aromatic rings. The maximum atomic E-state index is 13.6. The second-order valence-electron chi connectivity index (χ2n) is 15.9. The molecule has 0 spiro atoms. The van der Waals surface area contributed by atoms with Crippen LogP contribution in [0, 0.1) is 11.8 Å². The van der Waals surface area contributed by atoms with Gasteiger partial charge in [0, 0.05) is 17.5 Å². The van der Waals surface area contributed by atoms with Crippen LogP contribution in [-0.2, 0) is 25.7 Å². The third-order valence-electron chi connectivity index (χ3n) is 11.6. The fraction of sp³-hybridized carbons (Fsp3) is 0.455. The van der Waals surface area contributed by atoms with Crippen molar-refractivity contribution >= 4 is 45.8 Å². The minimum absolute atomic E-state index is 0.151. The van der Waals surface area contributed by atoms with Crippen LogP contribution in [0.2, 0.25) is 0 Å². The van der Waals surface area contributed by atoms with Crippen molar-refractivity contribution in [1.82, 2.24) is 40.8 Å². The lowest BCUT2D eigenvalue weighted by molar-refractivity contribution is -0.134. The first kappa shape index (κ1) is 41.1. The molecule has 5 unspecified atom stereocenters. The van der Waals surface area contributed by atoms with Gasteiger partial charge in [-0.3, -0.25) is 9.59 Å². The van der Waals surface area contributed by atoms with Gasteiger partial charge in [-0.2, -0.15) is 0 Å². The zero-order valence-corrected chi connectivity index (χ0v) is 34.7. The van der Waals surface area contributed by atoms with Gasteiger partial charge in [0.05, 0.1) is 49.2 Å². The second-order valence-corrected chi connectivity index (χ2v) is 15.9. The van der Waals surface area contributed by atoms with E-state index < -0.39 is 24.3 Å². The van der Waals surface area contributed by atoms with Gasteiger partial charge in [0.1, 0.15) is 36.1 Å². The molecule has 0 aliphatic carbocycles. The standard InChI is InChI=1S/C44H54N8O7/c1-8-10-11-33(49-41(53)37(23(3)4)51-44(56)58-7)39-45-20-34(48-39)27-12-14-29-28(17-27)22-59-36-19-30-26(18-31(29)36)13-15-32-38(30)50-40(47-32)35-16-25(9-2)21-52(35)42(54)24(5)46-43(55)57-6/h12-15,17-20,23-25,33,35,37H,8-11,16,21-22H2,1-7H3,(H,45,48)(H,46,55)(H,47,50)(H,49,53)(H,51,56). The lowest BCUT2D eigenvalue weighted by Crippen LogP contribution is -2.50. The van der Waals surface area contributed by atoms with Crippen LogP contribution in [0.4, 0.5) is 9.59 Å². The Hall–Kier alpha value is -6.12. The Kier molecular flexibility index (Phi) is 12.1. The number of aromatic amines is 2. The molecule has 7 rings (SSSR count). The fourth-order valence-electron chi connectivity index (χ4n) is 8.23. The van der Waals surface area contributed by atoms with E-state index >= 15 is 0 Å². The number of unbranched alkanes of at least 4 members (excludes halogenated alkanes) is 1. The van der Waals surface area contributed by atoms with Crippen LogP contribution >= 0.6 is 0 Å². The summed E-state index contributed by atoms with van der Waals surface area (Å²) in [5.74, 6) is 1.81. The van der Waals surface area contributed by atoms with Crippen LogP contribution in [0.5, 0.6) is 5.75 Å². The summed E-state index contributed by atoms with van der Waals surface area (Å²) < 4.78 is 15.9. The predicted molar refractivity (Wildman–Crippen MR) is 223 cm³/mol. The number of amides is 4. The van der Waals surface area contributed by atoms with E-state index in [0.29, 0.717) is 31.3 Å². The van der Waals surface area contributed by atoms with Crippen molar-refractivity contribution < 1.29 is 33.4 Å². The van der Waals surface area contributed by atoms with Gasteiger partial charge in [-0.25, -0.2) is 19.6 Å². The predicted octanol–water partition coefficient (Wildman–Crippen LogP) is 7.44. The second kappa shape index (κ2) is 17.4.